The first kappa shape index (κ1) is 23.5. The van der Waals surface area contributed by atoms with Gasteiger partial charge < -0.3 is 24.3 Å². The molecule has 1 aliphatic heterocycles. The van der Waals surface area contributed by atoms with E-state index in [-0.39, 0.29) is 18.3 Å². The predicted octanol–water partition coefficient (Wildman–Crippen LogP) is 2.51. The van der Waals surface area contributed by atoms with Gasteiger partial charge in [0.1, 0.15) is 19.8 Å². The zero-order chi connectivity index (χ0) is 23.3. The summed E-state index contributed by atoms with van der Waals surface area (Å²) in [5.74, 6) is 1.51. The molecule has 2 aromatic rings. The molecule has 0 aromatic heterocycles. The third-order valence-electron chi connectivity index (χ3n) is 5.09. The number of nitrogens with zero attached hydrogens (tertiary/aromatic N) is 1. The first-order valence-corrected chi connectivity index (χ1v) is 11.8. The van der Waals surface area contributed by atoms with E-state index in [0.29, 0.717) is 41.9 Å². The summed E-state index contributed by atoms with van der Waals surface area (Å²) in [6, 6.07) is 9.78. The number of hydrogen-bond donors (Lipinski definition) is 1. The normalized spacial score (nSPS) is 13.8. The number of sulfonamides is 1. The zero-order valence-corrected chi connectivity index (χ0v) is 19.4. The highest BCUT2D eigenvalue weighted by Gasteiger charge is 2.26. The highest BCUT2D eigenvalue weighted by Crippen LogP contribution is 2.35. The van der Waals surface area contributed by atoms with E-state index in [1.807, 2.05) is 13.0 Å². The summed E-state index contributed by atoms with van der Waals surface area (Å²) in [7, 11) is -0.637. The number of rotatable bonds is 9. The SMILES string of the molecule is CCS(=O)(=O)N(CC(=O)NC(C)c1ccc(OC)c(OC)c1)c1ccc2c(c1)OCCO2. The number of carbonyl (C=O) groups excluding carboxylic acids is 1. The average molecular weight is 465 g/mol. The lowest BCUT2D eigenvalue weighted by atomic mass is 10.1. The van der Waals surface area contributed by atoms with E-state index < -0.39 is 15.9 Å². The Kier molecular flexibility index (Phi) is 7.34. The minimum Gasteiger partial charge on any atom is -0.493 e. The van der Waals surface area contributed by atoms with Crippen LogP contribution in [-0.4, -0.2) is 54.1 Å². The summed E-state index contributed by atoms with van der Waals surface area (Å²) in [6.07, 6.45) is 0. The van der Waals surface area contributed by atoms with Crippen LogP contribution in [0.4, 0.5) is 5.69 Å². The number of methoxy groups -OCH3 is 2. The second-order valence-electron chi connectivity index (χ2n) is 7.14. The molecule has 1 amide bonds. The van der Waals surface area contributed by atoms with Crippen LogP contribution >= 0.6 is 0 Å². The van der Waals surface area contributed by atoms with E-state index in [2.05, 4.69) is 5.32 Å². The van der Waals surface area contributed by atoms with Crippen LogP contribution in [0.5, 0.6) is 23.0 Å². The maximum absolute atomic E-state index is 12.8. The van der Waals surface area contributed by atoms with Gasteiger partial charge >= 0.3 is 0 Å². The number of ether oxygens (including phenoxy) is 4. The molecule has 32 heavy (non-hydrogen) atoms. The van der Waals surface area contributed by atoms with Gasteiger partial charge in [-0.1, -0.05) is 6.07 Å². The fourth-order valence-corrected chi connectivity index (χ4v) is 4.38. The van der Waals surface area contributed by atoms with E-state index in [0.717, 1.165) is 9.87 Å². The Morgan fingerprint density at radius 2 is 1.75 bits per heavy atom. The van der Waals surface area contributed by atoms with Crippen LogP contribution in [0.1, 0.15) is 25.5 Å². The summed E-state index contributed by atoms with van der Waals surface area (Å²) >= 11 is 0. The number of amides is 1. The van der Waals surface area contributed by atoms with Gasteiger partial charge in [0.05, 0.1) is 31.7 Å². The molecule has 1 aliphatic rings. The number of hydrogen-bond acceptors (Lipinski definition) is 7. The van der Waals surface area contributed by atoms with Crippen molar-refractivity contribution in [3.05, 3.63) is 42.0 Å². The molecule has 0 spiro atoms. The Balaban J connectivity index is 1.79. The van der Waals surface area contributed by atoms with E-state index in [1.54, 1.807) is 37.4 Å². The molecular formula is C22H28N2O7S. The summed E-state index contributed by atoms with van der Waals surface area (Å²) in [6.45, 7) is 3.78. The van der Waals surface area contributed by atoms with Crippen LogP contribution in [0.3, 0.4) is 0 Å². The van der Waals surface area contributed by atoms with Crippen molar-refractivity contribution in [1.82, 2.24) is 5.32 Å². The summed E-state index contributed by atoms with van der Waals surface area (Å²) in [5, 5.41) is 2.85. The first-order chi connectivity index (χ1) is 15.3. The number of nitrogens with one attached hydrogen (secondary N) is 1. The van der Waals surface area contributed by atoms with Crippen LogP contribution < -0.4 is 28.6 Å². The Labute approximate surface area is 188 Å². The number of anilines is 1. The van der Waals surface area contributed by atoms with Crippen molar-refractivity contribution >= 4 is 21.6 Å². The van der Waals surface area contributed by atoms with Gasteiger partial charge in [0.15, 0.2) is 23.0 Å². The molecule has 0 radical (unpaired) electrons. The van der Waals surface area contributed by atoms with Gasteiger partial charge in [-0.3, -0.25) is 9.10 Å². The Morgan fingerprint density at radius 1 is 1.06 bits per heavy atom. The molecule has 1 heterocycles. The number of carbonyl (C=O) groups is 1. The average Bonchev–Trinajstić information content (AvgIpc) is 2.81. The first-order valence-electron chi connectivity index (χ1n) is 10.2. The monoisotopic (exact) mass is 464 g/mol. The lowest BCUT2D eigenvalue weighted by Crippen LogP contribution is -2.42. The Hall–Kier alpha value is -3.14. The van der Waals surface area contributed by atoms with E-state index in [9.17, 15) is 13.2 Å². The molecule has 0 bridgehead atoms. The lowest BCUT2D eigenvalue weighted by Gasteiger charge is -2.26. The lowest BCUT2D eigenvalue weighted by molar-refractivity contribution is -0.120. The van der Waals surface area contributed by atoms with Crippen molar-refractivity contribution in [2.45, 2.75) is 19.9 Å². The van der Waals surface area contributed by atoms with Gasteiger partial charge in [-0.15, -0.1) is 0 Å². The molecular weight excluding hydrogens is 436 g/mol. The van der Waals surface area contributed by atoms with Gasteiger partial charge in [-0.05, 0) is 43.7 Å². The minimum absolute atomic E-state index is 0.153. The molecule has 1 unspecified atom stereocenters. The van der Waals surface area contributed by atoms with E-state index in [4.69, 9.17) is 18.9 Å². The fraction of sp³-hybridized carbons (Fsp3) is 0.409. The Bertz CT molecular complexity index is 1070. The molecule has 0 fully saturated rings. The van der Waals surface area contributed by atoms with E-state index >= 15 is 0 Å². The molecule has 1 atom stereocenters. The molecule has 0 aliphatic carbocycles. The predicted molar refractivity (Wildman–Crippen MR) is 120 cm³/mol. The van der Waals surface area contributed by atoms with Crippen molar-refractivity contribution in [3.8, 4) is 23.0 Å². The highest BCUT2D eigenvalue weighted by atomic mass is 32.2. The topological polar surface area (TPSA) is 103 Å². The van der Waals surface area contributed by atoms with Gasteiger partial charge in [0.25, 0.3) is 0 Å². The molecule has 3 rings (SSSR count). The van der Waals surface area contributed by atoms with Gasteiger partial charge in [-0.2, -0.15) is 0 Å². The third kappa shape index (κ3) is 5.18. The molecule has 10 heteroatoms. The summed E-state index contributed by atoms with van der Waals surface area (Å²) in [5.41, 5.74) is 1.13. The second-order valence-corrected chi connectivity index (χ2v) is 9.32. The number of benzene rings is 2. The van der Waals surface area contributed by atoms with Crippen molar-refractivity contribution in [1.29, 1.82) is 0 Å². The van der Waals surface area contributed by atoms with Crippen LogP contribution in [0.25, 0.3) is 0 Å². The molecule has 174 valence electrons. The zero-order valence-electron chi connectivity index (χ0n) is 18.6. The van der Waals surface area contributed by atoms with Crippen LogP contribution in [0.2, 0.25) is 0 Å². The third-order valence-corrected chi connectivity index (χ3v) is 6.83. The van der Waals surface area contributed by atoms with Crippen LogP contribution in [0, 0.1) is 0 Å². The standard InChI is InChI=1S/C22H28N2O7S/c1-5-32(26,27)24(17-7-9-19-21(13-17)31-11-10-30-19)14-22(25)23-15(2)16-6-8-18(28-3)20(12-16)29-4/h6-9,12-13,15H,5,10-11,14H2,1-4H3,(H,23,25). The van der Waals surface area contributed by atoms with Gasteiger partial charge in [-0.25, -0.2) is 8.42 Å². The maximum Gasteiger partial charge on any atom is 0.241 e. The molecule has 0 saturated carbocycles. The maximum atomic E-state index is 12.8. The minimum atomic E-state index is -3.72. The van der Waals surface area contributed by atoms with Crippen molar-refractivity contribution in [3.63, 3.8) is 0 Å². The molecule has 2 aromatic carbocycles. The largest absolute Gasteiger partial charge is 0.493 e. The van der Waals surface area contributed by atoms with Gasteiger partial charge in [0.2, 0.25) is 15.9 Å². The number of fused-ring (bicyclic) bond motifs is 1. The summed E-state index contributed by atoms with van der Waals surface area (Å²) < 4.78 is 48.2. The Morgan fingerprint density at radius 3 is 2.41 bits per heavy atom. The van der Waals surface area contributed by atoms with Crippen molar-refractivity contribution < 1.29 is 32.2 Å². The van der Waals surface area contributed by atoms with Gasteiger partial charge in [0, 0.05) is 6.07 Å². The molecule has 1 N–H and O–H groups in total. The molecule has 0 saturated heterocycles. The van der Waals surface area contributed by atoms with Crippen LogP contribution in [0.15, 0.2) is 36.4 Å². The van der Waals surface area contributed by atoms with Crippen LogP contribution in [-0.2, 0) is 14.8 Å². The van der Waals surface area contributed by atoms with E-state index in [1.165, 1.54) is 14.0 Å². The smallest absolute Gasteiger partial charge is 0.241 e. The second kappa shape index (κ2) is 9.99. The summed E-state index contributed by atoms with van der Waals surface area (Å²) in [4.78, 5) is 12.8. The fourth-order valence-electron chi connectivity index (χ4n) is 3.32. The molecule has 9 nitrogen and oxygen atoms in total. The van der Waals surface area contributed by atoms with Crippen molar-refractivity contribution in [2.75, 3.05) is 44.0 Å². The quantitative estimate of drug-likeness (QED) is 0.608. The van der Waals surface area contributed by atoms with Crippen molar-refractivity contribution in [2.24, 2.45) is 0 Å². The highest BCUT2D eigenvalue weighted by molar-refractivity contribution is 7.92.